The van der Waals surface area contributed by atoms with E-state index in [9.17, 15) is 9.59 Å². The Morgan fingerprint density at radius 2 is 2.00 bits per heavy atom. The van der Waals surface area contributed by atoms with Crippen molar-refractivity contribution >= 4 is 11.9 Å². The molecule has 15 heavy (non-hydrogen) atoms. The zero-order valence-electron chi connectivity index (χ0n) is 9.41. The van der Waals surface area contributed by atoms with Crippen molar-refractivity contribution in [2.45, 2.75) is 52.0 Å². The first-order valence-corrected chi connectivity index (χ1v) is 5.45. The molecule has 1 fully saturated rings. The van der Waals surface area contributed by atoms with Gasteiger partial charge in [-0.15, -0.1) is 0 Å². The van der Waals surface area contributed by atoms with E-state index in [-0.39, 0.29) is 6.04 Å². The van der Waals surface area contributed by atoms with Crippen molar-refractivity contribution in [3.05, 3.63) is 0 Å². The van der Waals surface area contributed by atoms with Gasteiger partial charge >= 0.3 is 11.9 Å². The summed E-state index contributed by atoms with van der Waals surface area (Å²) in [5.41, 5.74) is 5.29. The Morgan fingerprint density at radius 3 is 2.60 bits per heavy atom. The Morgan fingerprint density at radius 1 is 1.33 bits per heavy atom. The third-order valence-corrected chi connectivity index (χ3v) is 3.23. The third-order valence-electron chi connectivity index (χ3n) is 3.23. The number of carbonyl (C=O) groups excluding carboxylic acids is 2. The van der Waals surface area contributed by atoms with Gasteiger partial charge in [0.1, 0.15) is 0 Å². The number of nitrogens with two attached hydrogens (primary N) is 1. The van der Waals surface area contributed by atoms with Crippen LogP contribution >= 0.6 is 0 Å². The van der Waals surface area contributed by atoms with Gasteiger partial charge in [-0.05, 0) is 19.8 Å². The Hall–Kier alpha value is -0.900. The van der Waals surface area contributed by atoms with Crippen LogP contribution in [0, 0.1) is 5.41 Å². The van der Waals surface area contributed by atoms with Crippen LogP contribution in [0.3, 0.4) is 0 Å². The fourth-order valence-electron chi connectivity index (χ4n) is 2.04. The molecule has 0 amide bonds. The molecule has 0 radical (unpaired) electrons. The van der Waals surface area contributed by atoms with Crippen molar-refractivity contribution in [1.82, 2.24) is 0 Å². The minimum Gasteiger partial charge on any atom is -0.393 e. The monoisotopic (exact) mass is 213 g/mol. The minimum atomic E-state index is -0.692. The van der Waals surface area contributed by atoms with E-state index >= 15 is 0 Å². The lowest BCUT2D eigenvalue weighted by atomic mass is 9.79. The Balaban J connectivity index is 2.76. The summed E-state index contributed by atoms with van der Waals surface area (Å²) in [6.45, 7) is 3.04. The van der Waals surface area contributed by atoms with Crippen LogP contribution in [-0.4, -0.2) is 18.0 Å². The van der Waals surface area contributed by atoms with E-state index in [0.717, 1.165) is 25.7 Å². The van der Waals surface area contributed by atoms with Gasteiger partial charge in [0.05, 0.1) is 5.41 Å². The summed E-state index contributed by atoms with van der Waals surface area (Å²) >= 11 is 0. The fourth-order valence-corrected chi connectivity index (χ4v) is 2.04. The largest absolute Gasteiger partial charge is 0.393 e. The topological polar surface area (TPSA) is 69.4 Å². The molecule has 2 N–H and O–H groups in total. The number of ether oxygens (including phenoxy) is 1. The summed E-state index contributed by atoms with van der Waals surface area (Å²) < 4.78 is 4.66. The molecule has 1 rings (SSSR count). The average Bonchev–Trinajstić information content (AvgIpc) is 2.30. The second kappa shape index (κ2) is 4.75. The lowest BCUT2D eigenvalue weighted by Gasteiger charge is -2.30. The zero-order chi connectivity index (χ0) is 11.5. The number of hydrogen-bond acceptors (Lipinski definition) is 4. The van der Waals surface area contributed by atoms with Crippen molar-refractivity contribution in [2.24, 2.45) is 11.1 Å². The SMILES string of the molecule is CC(=O)OC(=O)C1(C)CCCCCC1N. The van der Waals surface area contributed by atoms with Crippen LogP contribution in [0.15, 0.2) is 0 Å². The molecule has 0 spiro atoms. The average molecular weight is 213 g/mol. The highest BCUT2D eigenvalue weighted by Gasteiger charge is 2.41. The van der Waals surface area contributed by atoms with E-state index < -0.39 is 17.4 Å². The van der Waals surface area contributed by atoms with Crippen molar-refractivity contribution < 1.29 is 14.3 Å². The first kappa shape index (κ1) is 12.2. The van der Waals surface area contributed by atoms with E-state index in [1.165, 1.54) is 6.92 Å². The van der Waals surface area contributed by atoms with Crippen molar-refractivity contribution in [3.8, 4) is 0 Å². The normalized spacial score (nSPS) is 31.8. The highest BCUT2D eigenvalue weighted by molar-refractivity contribution is 5.88. The van der Waals surface area contributed by atoms with Crippen molar-refractivity contribution in [3.63, 3.8) is 0 Å². The van der Waals surface area contributed by atoms with E-state index in [0.29, 0.717) is 6.42 Å². The molecule has 0 saturated heterocycles. The third kappa shape index (κ3) is 2.78. The van der Waals surface area contributed by atoms with Gasteiger partial charge in [0.25, 0.3) is 0 Å². The van der Waals surface area contributed by atoms with Gasteiger partial charge in [0.2, 0.25) is 0 Å². The predicted octanol–water partition coefficient (Wildman–Crippen LogP) is 1.37. The molecule has 1 aliphatic carbocycles. The maximum atomic E-state index is 11.8. The molecule has 1 aliphatic rings. The molecule has 0 aromatic rings. The second-order valence-electron chi connectivity index (χ2n) is 4.50. The molecule has 2 atom stereocenters. The van der Waals surface area contributed by atoms with Gasteiger partial charge < -0.3 is 10.5 Å². The molecule has 4 heteroatoms. The van der Waals surface area contributed by atoms with Crippen molar-refractivity contribution in [2.75, 3.05) is 0 Å². The number of hydrogen-bond donors (Lipinski definition) is 1. The standard InChI is InChI=1S/C11H19NO3/c1-8(13)15-10(14)11(2)7-5-3-4-6-9(11)12/h9H,3-7,12H2,1-2H3. The summed E-state index contributed by atoms with van der Waals surface area (Å²) in [5.74, 6) is -1.03. The molecule has 0 aromatic heterocycles. The van der Waals surface area contributed by atoms with E-state index in [1.807, 2.05) is 0 Å². The number of carbonyl (C=O) groups is 2. The molecule has 0 bridgehead atoms. The smallest absolute Gasteiger partial charge is 0.321 e. The number of esters is 2. The summed E-state index contributed by atoms with van der Waals surface area (Å²) in [6.07, 6.45) is 4.64. The summed E-state index contributed by atoms with van der Waals surface area (Å²) in [6, 6.07) is -0.202. The van der Waals surface area contributed by atoms with Gasteiger partial charge in [-0.2, -0.15) is 0 Å². The predicted molar refractivity (Wildman–Crippen MR) is 55.9 cm³/mol. The maximum Gasteiger partial charge on any atom is 0.321 e. The van der Waals surface area contributed by atoms with Crippen LogP contribution in [-0.2, 0) is 14.3 Å². The molecular weight excluding hydrogens is 194 g/mol. The molecule has 0 aliphatic heterocycles. The molecule has 86 valence electrons. The van der Waals surface area contributed by atoms with Crippen LogP contribution in [0.2, 0.25) is 0 Å². The lowest BCUT2D eigenvalue weighted by Crippen LogP contribution is -2.46. The summed E-state index contributed by atoms with van der Waals surface area (Å²) in [4.78, 5) is 22.5. The first-order valence-electron chi connectivity index (χ1n) is 5.45. The fraction of sp³-hybridized carbons (Fsp3) is 0.818. The second-order valence-corrected chi connectivity index (χ2v) is 4.50. The maximum absolute atomic E-state index is 11.8. The zero-order valence-corrected chi connectivity index (χ0v) is 9.41. The van der Waals surface area contributed by atoms with E-state index in [2.05, 4.69) is 4.74 Å². The first-order chi connectivity index (χ1) is 6.97. The molecule has 0 aromatic carbocycles. The summed E-state index contributed by atoms with van der Waals surface area (Å²) in [5, 5.41) is 0. The Kier molecular flexibility index (Phi) is 3.85. The Bertz CT molecular complexity index is 265. The van der Waals surface area contributed by atoms with Crippen LogP contribution in [0.4, 0.5) is 0 Å². The van der Waals surface area contributed by atoms with Crippen molar-refractivity contribution in [1.29, 1.82) is 0 Å². The van der Waals surface area contributed by atoms with Crippen LogP contribution < -0.4 is 5.73 Å². The lowest BCUT2D eigenvalue weighted by molar-refractivity contribution is -0.166. The quantitative estimate of drug-likeness (QED) is 0.406. The van der Waals surface area contributed by atoms with Gasteiger partial charge in [0, 0.05) is 13.0 Å². The summed E-state index contributed by atoms with van der Waals surface area (Å²) in [7, 11) is 0. The number of rotatable bonds is 1. The van der Waals surface area contributed by atoms with Gasteiger partial charge in [-0.1, -0.05) is 19.3 Å². The molecular formula is C11H19NO3. The van der Waals surface area contributed by atoms with E-state index in [1.54, 1.807) is 6.92 Å². The van der Waals surface area contributed by atoms with Crippen LogP contribution in [0.25, 0.3) is 0 Å². The van der Waals surface area contributed by atoms with Gasteiger partial charge in [0.15, 0.2) is 0 Å². The van der Waals surface area contributed by atoms with E-state index in [4.69, 9.17) is 5.73 Å². The minimum absolute atomic E-state index is 0.202. The molecule has 0 heterocycles. The molecule has 4 nitrogen and oxygen atoms in total. The Labute approximate surface area is 90.2 Å². The molecule has 2 unspecified atom stereocenters. The highest BCUT2D eigenvalue weighted by Crippen LogP contribution is 2.34. The van der Waals surface area contributed by atoms with Crippen LogP contribution in [0.1, 0.15) is 46.0 Å². The highest BCUT2D eigenvalue weighted by atomic mass is 16.6. The molecule has 1 saturated carbocycles. The van der Waals surface area contributed by atoms with Crippen LogP contribution in [0.5, 0.6) is 0 Å². The van der Waals surface area contributed by atoms with Gasteiger partial charge in [-0.25, -0.2) is 0 Å². The van der Waals surface area contributed by atoms with Gasteiger partial charge in [-0.3, -0.25) is 9.59 Å².